The van der Waals surface area contributed by atoms with Crippen molar-refractivity contribution in [3.63, 3.8) is 0 Å². The number of carbonyl (C=O) groups excluding carboxylic acids is 1. The summed E-state index contributed by atoms with van der Waals surface area (Å²) >= 11 is 0. The molecule has 0 radical (unpaired) electrons. The van der Waals surface area contributed by atoms with Crippen molar-refractivity contribution >= 4 is 27.3 Å². The summed E-state index contributed by atoms with van der Waals surface area (Å²) in [5, 5.41) is 2.61. The predicted molar refractivity (Wildman–Crippen MR) is 111 cm³/mol. The molecule has 0 aliphatic carbocycles. The maximum absolute atomic E-state index is 13.3. The monoisotopic (exact) mass is 429 g/mol. The number of ether oxygens (including phenoxy) is 1. The zero-order valence-corrected chi connectivity index (χ0v) is 17.0. The molecule has 0 aliphatic heterocycles. The fraction of sp³-hybridized carbons (Fsp3) is 0.143. The van der Waals surface area contributed by atoms with Crippen LogP contribution in [0.2, 0.25) is 0 Å². The molecule has 0 atom stereocenters. The number of carbonyl (C=O) groups is 1. The number of aromatic nitrogens is 1. The van der Waals surface area contributed by atoms with Gasteiger partial charge in [0, 0.05) is 6.20 Å². The Bertz CT molecular complexity index is 1090. The van der Waals surface area contributed by atoms with Crippen molar-refractivity contribution in [2.24, 2.45) is 0 Å². The molecule has 0 unspecified atom stereocenters. The zero-order valence-electron chi connectivity index (χ0n) is 16.2. The van der Waals surface area contributed by atoms with Crippen molar-refractivity contribution in [3.8, 4) is 5.75 Å². The van der Waals surface area contributed by atoms with Gasteiger partial charge in [-0.2, -0.15) is 0 Å². The predicted octanol–water partition coefficient (Wildman–Crippen LogP) is 3.45. The summed E-state index contributed by atoms with van der Waals surface area (Å²) in [5.74, 6) is -0.543. The van der Waals surface area contributed by atoms with Crippen LogP contribution in [0.15, 0.2) is 78.0 Å². The first-order valence-electron chi connectivity index (χ1n) is 9.11. The summed E-state index contributed by atoms with van der Waals surface area (Å²) in [4.78, 5) is 16.3. The molecule has 0 aliphatic rings. The second-order valence-electron chi connectivity index (χ2n) is 6.18. The Balaban J connectivity index is 1.93. The van der Waals surface area contributed by atoms with E-state index in [0.29, 0.717) is 18.0 Å². The third kappa shape index (κ3) is 5.12. The number of benzene rings is 2. The second-order valence-corrected chi connectivity index (χ2v) is 8.04. The van der Waals surface area contributed by atoms with Crippen molar-refractivity contribution in [1.82, 2.24) is 4.98 Å². The molecule has 0 saturated heterocycles. The molecule has 1 aromatic heterocycles. The number of rotatable bonds is 8. The minimum Gasteiger partial charge on any atom is -0.494 e. The molecule has 3 aromatic rings. The van der Waals surface area contributed by atoms with Gasteiger partial charge in [0.15, 0.2) is 0 Å². The van der Waals surface area contributed by atoms with Gasteiger partial charge in [0.2, 0.25) is 5.91 Å². The van der Waals surface area contributed by atoms with Crippen molar-refractivity contribution in [3.05, 3.63) is 78.9 Å². The van der Waals surface area contributed by atoms with Crippen LogP contribution in [0.25, 0.3) is 0 Å². The normalized spacial score (nSPS) is 11.0. The maximum atomic E-state index is 13.3. The first-order chi connectivity index (χ1) is 14.4. The van der Waals surface area contributed by atoms with Crippen LogP contribution in [-0.2, 0) is 14.8 Å². The van der Waals surface area contributed by atoms with E-state index in [1.54, 1.807) is 42.6 Å². The lowest BCUT2D eigenvalue weighted by Crippen LogP contribution is -2.38. The highest BCUT2D eigenvalue weighted by Gasteiger charge is 2.27. The molecule has 3 rings (SSSR count). The number of pyridine rings is 1. The molecule has 1 N–H and O–H groups in total. The van der Waals surface area contributed by atoms with E-state index < -0.39 is 28.3 Å². The Labute approximate surface area is 174 Å². The van der Waals surface area contributed by atoms with E-state index in [1.807, 2.05) is 6.92 Å². The summed E-state index contributed by atoms with van der Waals surface area (Å²) in [6.07, 6.45) is 3.01. The standard InChI is InChI=1S/C21H20FN3O4S/c1-2-29-19-9-7-18(8-10-19)25(15-21(26)24-17-4-3-13-23-14-17)30(27,28)20-11-5-16(22)6-12-20/h3-14H,2,15H2,1H3,(H,24,26). The number of hydrogen-bond donors (Lipinski definition) is 1. The minimum absolute atomic E-state index is 0.132. The molecular formula is C21H20FN3O4S. The van der Waals surface area contributed by atoms with E-state index in [9.17, 15) is 17.6 Å². The Kier molecular flexibility index (Phi) is 6.63. The fourth-order valence-electron chi connectivity index (χ4n) is 2.69. The second kappa shape index (κ2) is 9.36. The number of hydrogen-bond acceptors (Lipinski definition) is 5. The summed E-state index contributed by atoms with van der Waals surface area (Å²) in [6.45, 7) is 1.81. The smallest absolute Gasteiger partial charge is 0.264 e. The highest BCUT2D eigenvalue weighted by Crippen LogP contribution is 2.26. The van der Waals surface area contributed by atoms with E-state index in [0.717, 1.165) is 28.6 Å². The van der Waals surface area contributed by atoms with Crippen LogP contribution in [-0.4, -0.2) is 32.5 Å². The topological polar surface area (TPSA) is 88.6 Å². The molecule has 0 fully saturated rings. The molecule has 156 valence electrons. The molecule has 1 amide bonds. The molecule has 0 saturated carbocycles. The van der Waals surface area contributed by atoms with Crippen molar-refractivity contribution in [1.29, 1.82) is 0 Å². The lowest BCUT2D eigenvalue weighted by Gasteiger charge is -2.24. The van der Waals surface area contributed by atoms with Crippen LogP contribution in [0.3, 0.4) is 0 Å². The molecule has 0 spiro atoms. The first kappa shape index (κ1) is 21.3. The van der Waals surface area contributed by atoms with Gasteiger partial charge in [0.25, 0.3) is 10.0 Å². The lowest BCUT2D eigenvalue weighted by atomic mass is 10.3. The quantitative estimate of drug-likeness (QED) is 0.593. The SMILES string of the molecule is CCOc1ccc(N(CC(=O)Nc2cccnc2)S(=O)(=O)c2ccc(F)cc2)cc1. The van der Waals surface area contributed by atoms with Gasteiger partial charge in [-0.25, -0.2) is 12.8 Å². The van der Waals surface area contributed by atoms with Gasteiger partial charge in [0.1, 0.15) is 18.1 Å². The third-order valence-electron chi connectivity index (χ3n) is 4.07. The average Bonchev–Trinajstić information content (AvgIpc) is 2.74. The van der Waals surface area contributed by atoms with E-state index in [1.165, 1.54) is 6.20 Å². The molecule has 1 heterocycles. The van der Waals surface area contributed by atoms with Gasteiger partial charge in [-0.05, 0) is 67.6 Å². The summed E-state index contributed by atoms with van der Waals surface area (Å²) in [6, 6.07) is 14.0. The third-order valence-corrected chi connectivity index (χ3v) is 5.86. The maximum Gasteiger partial charge on any atom is 0.264 e. The first-order valence-corrected chi connectivity index (χ1v) is 10.5. The van der Waals surface area contributed by atoms with Crippen molar-refractivity contribution in [2.45, 2.75) is 11.8 Å². The highest BCUT2D eigenvalue weighted by atomic mass is 32.2. The van der Waals surface area contributed by atoms with Crippen molar-refractivity contribution < 1.29 is 22.3 Å². The fourth-order valence-corrected chi connectivity index (χ4v) is 4.11. The van der Waals surface area contributed by atoms with Crippen LogP contribution in [0.4, 0.5) is 15.8 Å². The minimum atomic E-state index is -4.13. The summed E-state index contributed by atoms with van der Waals surface area (Å²) in [7, 11) is -4.13. The zero-order chi connectivity index (χ0) is 21.6. The van der Waals surface area contributed by atoms with E-state index in [2.05, 4.69) is 10.3 Å². The average molecular weight is 429 g/mol. The number of halogens is 1. The summed E-state index contributed by atoms with van der Waals surface area (Å²) in [5.41, 5.74) is 0.706. The summed E-state index contributed by atoms with van der Waals surface area (Å²) < 4.78 is 46.1. The van der Waals surface area contributed by atoms with Crippen LogP contribution in [0.1, 0.15) is 6.92 Å². The van der Waals surface area contributed by atoms with Crippen molar-refractivity contribution in [2.75, 3.05) is 22.8 Å². The van der Waals surface area contributed by atoms with Gasteiger partial charge in [-0.3, -0.25) is 14.1 Å². The lowest BCUT2D eigenvalue weighted by molar-refractivity contribution is -0.114. The van der Waals surface area contributed by atoms with Crippen LogP contribution < -0.4 is 14.4 Å². The highest BCUT2D eigenvalue weighted by molar-refractivity contribution is 7.92. The number of nitrogens with zero attached hydrogens (tertiary/aromatic N) is 2. The van der Waals surface area contributed by atoms with E-state index in [-0.39, 0.29) is 10.6 Å². The molecule has 9 heteroatoms. The number of amides is 1. The molecule has 7 nitrogen and oxygen atoms in total. The van der Waals surface area contributed by atoms with Gasteiger partial charge in [0.05, 0.1) is 29.1 Å². The van der Waals surface area contributed by atoms with E-state index in [4.69, 9.17) is 4.74 Å². The van der Waals surface area contributed by atoms with Gasteiger partial charge >= 0.3 is 0 Å². The number of sulfonamides is 1. The number of anilines is 2. The van der Waals surface area contributed by atoms with Crippen LogP contribution in [0, 0.1) is 5.82 Å². The molecule has 0 bridgehead atoms. The Morgan fingerprint density at radius 2 is 1.80 bits per heavy atom. The number of nitrogens with one attached hydrogen (secondary N) is 1. The molecular weight excluding hydrogens is 409 g/mol. The molecule has 30 heavy (non-hydrogen) atoms. The van der Waals surface area contributed by atoms with Gasteiger partial charge < -0.3 is 10.1 Å². The van der Waals surface area contributed by atoms with Crippen LogP contribution >= 0.6 is 0 Å². The molecule has 2 aromatic carbocycles. The Morgan fingerprint density at radius 1 is 1.10 bits per heavy atom. The Morgan fingerprint density at radius 3 is 2.40 bits per heavy atom. The van der Waals surface area contributed by atoms with E-state index >= 15 is 0 Å². The largest absolute Gasteiger partial charge is 0.494 e. The van der Waals surface area contributed by atoms with Crippen LogP contribution in [0.5, 0.6) is 5.75 Å². The Hall–Kier alpha value is -3.46. The van der Waals surface area contributed by atoms with Gasteiger partial charge in [-0.1, -0.05) is 0 Å². The van der Waals surface area contributed by atoms with Gasteiger partial charge in [-0.15, -0.1) is 0 Å².